The quantitative estimate of drug-likeness (QED) is 0.824. The van der Waals surface area contributed by atoms with Gasteiger partial charge in [-0.15, -0.1) is 0 Å². The number of hydrogen-bond acceptors (Lipinski definition) is 1. The maximum atomic E-state index is 13.1. The van der Waals surface area contributed by atoms with E-state index in [0.717, 1.165) is 5.56 Å². The minimum Gasteiger partial charge on any atom is -0.396 e. The molecular weight excluding hydrogens is 203 g/mol. The van der Waals surface area contributed by atoms with Crippen LogP contribution in [-0.2, 0) is 6.42 Å². The van der Waals surface area contributed by atoms with E-state index in [4.69, 9.17) is 16.7 Å². The third-order valence-electron chi connectivity index (χ3n) is 2.13. The highest BCUT2D eigenvalue weighted by Crippen LogP contribution is 2.27. The Morgan fingerprint density at radius 3 is 2.64 bits per heavy atom. The normalized spacial score (nSPS) is 11.8. The highest BCUT2D eigenvalue weighted by molar-refractivity contribution is 6.31. The first-order chi connectivity index (χ1) is 6.46. The highest BCUT2D eigenvalue weighted by atomic mass is 35.5. The molecule has 0 aliphatic heterocycles. The summed E-state index contributed by atoms with van der Waals surface area (Å²) in [6, 6.07) is 4.74. The van der Waals surface area contributed by atoms with E-state index in [1.165, 1.54) is 6.07 Å². The van der Waals surface area contributed by atoms with Crippen molar-refractivity contribution in [2.75, 3.05) is 6.61 Å². The third kappa shape index (κ3) is 2.69. The van der Waals surface area contributed by atoms with E-state index in [-0.39, 0.29) is 17.0 Å². The Labute approximate surface area is 88.5 Å². The lowest BCUT2D eigenvalue weighted by atomic mass is 9.87. The summed E-state index contributed by atoms with van der Waals surface area (Å²) < 4.78 is 13.1. The number of aliphatic hydroxyl groups is 1. The average Bonchev–Trinajstić information content (AvgIpc) is 2.13. The van der Waals surface area contributed by atoms with Crippen molar-refractivity contribution in [2.24, 2.45) is 5.41 Å². The van der Waals surface area contributed by atoms with Gasteiger partial charge in [-0.05, 0) is 23.5 Å². The molecule has 0 aromatic heterocycles. The molecule has 0 radical (unpaired) electrons. The largest absolute Gasteiger partial charge is 0.396 e. The molecule has 0 saturated carbocycles. The van der Waals surface area contributed by atoms with E-state index < -0.39 is 5.82 Å². The number of halogens is 2. The standard InChI is InChI=1S/C11H14ClFO/c1-11(2,7-14)6-8-4-3-5-9(13)10(8)12/h3-5,14H,6-7H2,1-2H3. The van der Waals surface area contributed by atoms with Crippen LogP contribution in [-0.4, -0.2) is 11.7 Å². The van der Waals surface area contributed by atoms with E-state index in [1.807, 2.05) is 13.8 Å². The Kier molecular flexibility index (Phi) is 3.51. The maximum absolute atomic E-state index is 13.1. The van der Waals surface area contributed by atoms with Crippen molar-refractivity contribution < 1.29 is 9.50 Å². The van der Waals surface area contributed by atoms with Crippen molar-refractivity contribution in [1.82, 2.24) is 0 Å². The molecule has 1 rings (SSSR count). The molecule has 1 aromatic carbocycles. The smallest absolute Gasteiger partial charge is 0.142 e. The van der Waals surface area contributed by atoms with E-state index in [0.29, 0.717) is 6.42 Å². The monoisotopic (exact) mass is 216 g/mol. The zero-order valence-electron chi connectivity index (χ0n) is 8.35. The molecule has 0 heterocycles. The summed E-state index contributed by atoms with van der Waals surface area (Å²) in [7, 11) is 0. The molecule has 14 heavy (non-hydrogen) atoms. The van der Waals surface area contributed by atoms with Gasteiger partial charge in [-0.25, -0.2) is 4.39 Å². The van der Waals surface area contributed by atoms with Crippen molar-refractivity contribution in [3.05, 3.63) is 34.6 Å². The van der Waals surface area contributed by atoms with Crippen molar-refractivity contribution >= 4 is 11.6 Å². The van der Waals surface area contributed by atoms with Gasteiger partial charge in [-0.3, -0.25) is 0 Å². The minimum atomic E-state index is -0.405. The molecule has 0 fully saturated rings. The molecular formula is C11H14ClFO. The van der Waals surface area contributed by atoms with Crippen LogP contribution >= 0.6 is 11.6 Å². The lowest BCUT2D eigenvalue weighted by Crippen LogP contribution is -2.20. The third-order valence-corrected chi connectivity index (χ3v) is 2.55. The van der Waals surface area contributed by atoms with Crippen LogP contribution in [0.25, 0.3) is 0 Å². The number of benzene rings is 1. The van der Waals surface area contributed by atoms with Crippen LogP contribution in [0.1, 0.15) is 19.4 Å². The maximum Gasteiger partial charge on any atom is 0.142 e. The van der Waals surface area contributed by atoms with Crippen molar-refractivity contribution in [2.45, 2.75) is 20.3 Å². The summed E-state index contributed by atoms with van der Waals surface area (Å²) in [5, 5.41) is 9.24. The van der Waals surface area contributed by atoms with E-state index in [1.54, 1.807) is 12.1 Å². The summed E-state index contributed by atoms with van der Waals surface area (Å²) in [5.74, 6) is -0.405. The van der Waals surface area contributed by atoms with Gasteiger partial charge in [0.05, 0.1) is 5.02 Å². The number of aliphatic hydroxyl groups excluding tert-OH is 1. The van der Waals surface area contributed by atoms with Crippen LogP contribution in [0.15, 0.2) is 18.2 Å². The van der Waals surface area contributed by atoms with Crippen molar-refractivity contribution in [1.29, 1.82) is 0 Å². The minimum absolute atomic E-state index is 0.0554. The fourth-order valence-corrected chi connectivity index (χ4v) is 1.45. The molecule has 0 saturated heterocycles. The number of hydrogen-bond donors (Lipinski definition) is 1. The Hall–Kier alpha value is -0.600. The first-order valence-electron chi connectivity index (χ1n) is 4.50. The summed E-state index contributed by atoms with van der Waals surface area (Å²) in [4.78, 5) is 0. The Morgan fingerprint density at radius 1 is 1.43 bits per heavy atom. The van der Waals surface area contributed by atoms with Crippen molar-refractivity contribution in [3.8, 4) is 0 Å². The second-order valence-corrected chi connectivity index (χ2v) is 4.59. The zero-order chi connectivity index (χ0) is 10.8. The van der Waals surface area contributed by atoms with Gasteiger partial charge in [0.15, 0.2) is 0 Å². The van der Waals surface area contributed by atoms with E-state index in [9.17, 15) is 4.39 Å². The molecule has 3 heteroatoms. The van der Waals surface area contributed by atoms with Gasteiger partial charge in [0.2, 0.25) is 0 Å². The van der Waals surface area contributed by atoms with Crippen LogP contribution in [0.4, 0.5) is 4.39 Å². The molecule has 0 aliphatic carbocycles. The summed E-state index contributed by atoms with van der Waals surface area (Å²) in [6.45, 7) is 3.88. The second-order valence-electron chi connectivity index (χ2n) is 4.21. The fourth-order valence-electron chi connectivity index (χ4n) is 1.26. The molecule has 0 unspecified atom stereocenters. The molecule has 1 N–H and O–H groups in total. The molecule has 1 aromatic rings. The molecule has 1 nitrogen and oxygen atoms in total. The lowest BCUT2D eigenvalue weighted by molar-refractivity contribution is 0.159. The van der Waals surface area contributed by atoms with Gasteiger partial charge in [-0.2, -0.15) is 0 Å². The summed E-state index contributed by atoms with van der Waals surface area (Å²) in [5.41, 5.74) is 0.475. The topological polar surface area (TPSA) is 20.2 Å². The predicted octanol–water partition coefficient (Wildman–Crippen LogP) is 3.04. The summed E-state index contributed by atoms with van der Waals surface area (Å²) >= 11 is 5.80. The van der Waals surface area contributed by atoms with E-state index >= 15 is 0 Å². The second kappa shape index (κ2) is 4.28. The van der Waals surface area contributed by atoms with Crippen molar-refractivity contribution in [3.63, 3.8) is 0 Å². The lowest BCUT2D eigenvalue weighted by Gasteiger charge is -2.22. The van der Waals surface area contributed by atoms with Gasteiger partial charge in [0.25, 0.3) is 0 Å². The average molecular weight is 217 g/mol. The van der Waals surface area contributed by atoms with E-state index in [2.05, 4.69) is 0 Å². The van der Waals surface area contributed by atoms with Crippen LogP contribution in [0.5, 0.6) is 0 Å². The van der Waals surface area contributed by atoms with Gasteiger partial charge < -0.3 is 5.11 Å². The molecule has 0 bridgehead atoms. The van der Waals surface area contributed by atoms with Gasteiger partial charge >= 0.3 is 0 Å². The Balaban J connectivity index is 2.92. The van der Waals surface area contributed by atoms with Crippen LogP contribution in [0.3, 0.4) is 0 Å². The molecule has 0 spiro atoms. The zero-order valence-corrected chi connectivity index (χ0v) is 9.11. The van der Waals surface area contributed by atoms with Crippen LogP contribution < -0.4 is 0 Å². The molecule has 0 aliphatic rings. The SMILES string of the molecule is CC(C)(CO)Cc1cccc(F)c1Cl. The van der Waals surface area contributed by atoms with Gasteiger partial charge in [0.1, 0.15) is 5.82 Å². The Bertz CT molecular complexity index is 323. The van der Waals surface area contributed by atoms with Gasteiger partial charge in [0, 0.05) is 6.61 Å². The molecule has 78 valence electrons. The summed E-state index contributed by atoms with van der Waals surface area (Å²) in [6.07, 6.45) is 0.570. The molecule has 0 amide bonds. The first kappa shape index (κ1) is 11.5. The van der Waals surface area contributed by atoms with Crippen LogP contribution in [0.2, 0.25) is 5.02 Å². The highest BCUT2D eigenvalue weighted by Gasteiger charge is 2.19. The molecule has 0 atom stereocenters. The fraction of sp³-hybridized carbons (Fsp3) is 0.455. The van der Waals surface area contributed by atoms with Crippen LogP contribution in [0, 0.1) is 11.2 Å². The predicted molar refractivity (Wildman–Crippen MR) is 56.0 cm³/mol. The Morgan fingerprint density at radius 2 is 2.07 bits per heavy atom. The number of rotatable bonds is 3. The first-order valence-corrected chi connectivity index (χ1v) is 4.88. The van der Waals surface area contributed by atoms with Gasteiger partial charge in [-0.1, -0.05) is 37.6 Å².